The van der Waals surface area contributed by atoms with Crippen molar-refractivity contribution in [2.75, 3.05) is 6.26 Å². The van der Waals surface area contributed by atoms with Gasteiger partial charge in [-0.2, -0.15) is 0 Å². The molecule has 0 amide bonds. The summed E-state index contributed by atoms with van der Waals surface area (Å²) in [5.74, 6) is 0.212. The van der Waals surface area contributed by atoms with Crippen molar-refractivity contribution < 1.29 is 4.79 Å². The lowest BCUT2D eigenvalue weighted by Crippen LogP contribution is -2.03. The van der Waals surface area contributed by atoms with E-state index in [4.69, 9.17) is 0 Å². The number of hydrogen-bond acceptors (Lipinski definition) is 3. The van der Waals surface area contributed by atoms with Crippen molar-refractivity contribution in [1.82, 2.24) is 0 Å². The summed E-state index contributed by atoms with van der Waals surface area (Å²) in [7, 11) is 0. The van der Waals surface area contributed by atoms with Gasteiger partial charge in [0.2, 0.25) is 0 Å². The SMILES string of the molecule is CCc1ccc(CC(=O)c2ccccc2SC)s1. The van der Waals surface area contributed by atoms with Crippen molar-refractivity contribution >= 4 is 28.9 Å². The van der Waals surface area contributed by atoms with Crippen molar-refractivity contribution in [1.29, 1.82) is 0 Å². The Morgan fingerprint density at radius 3 is 2.56 bits per heavy atom. The number of carbonyl (C=O) groups excluding carboxylic acids is 1. The summed E-state index contributed by atoms with van der Waals surface area (Å²) >= 11 is 3.37. The number of thiophene rings is 1. The number of Topliss-reactive ketones (excluding diaryl/α,β-unsaturated/α-hetero) is 1. The Balaban J connectivity index is 2.16. The molecule has 0 saturated heterocycles. The van der Waals surface area contributed by atoms with Gasteiger partial charge in [-0.3, -0.25) is 4.79 Å². The third-order valence-electron chi connectivity index (χ3n) is 2.81. The van der Waals surface area contributed by atoms with E-state index < -0.39 is 0 Å². The lowest BCUT2D eigenvalue weighted by Gasteiger charge is -2.04. The van der Waals surface area contributed by atoms with E-state index in [1.54, 1.807) is 23.1 Å². The molecular formula is C15H16OS2. The second-order valence-corrected chi connectivity index (χ2v) is 6.12. The number of aryl methyl sites for hydroxylation is 1. The van der Waals surface area contributed by atoms with E-state index in [0.29, 0.717) is 6.42 Å². The number of rotatable bonds is 5. The molecule has 94 valence electrons. The van der Waals surface area contributed by atoms with E-state index in [2.05, 4.69) is 19.1 Å². The summed E-state index contributed by atoms with van der Waals surface area (Å²) in [6, 6.07) is 12.0. The predicted octanol–water partition coefficient (Wildman–Crippen LogP) is 4.46. The summed E-state index contributed by atoms with van der Waals surface area (Å²) in [6.07, 6.45) is 3.56. The van der Waals surface area contributed by atoms with Crippen LogP contribution in [0.5, 0.6) is 0 Å². The van der Waals surface area contributed by atoms with Crippen molar-refractivity contribution in [2.45, 2.75) is 24.7 Å². The molecule has 18 heavy (non-hydrogen) atoms. The summed E-state index contributed by atoms with van der Waals surface area (Å²) < 4.78 is 0. The van der Waals surface area contributed by atoms with E-state index in [9.17, 15) is 4.79 Å². The largest absolute Gasteiger partial charge is 0.294 e. The first-order chi connectivity index (χ1) is 8.74. The fourth-order valence-corrected chi connectivity index (χ4v) is 3.41. The molecule has 0 fully saturated rings. The molecule has 1 heterocycles. The molecule has 0 radical (unpaired) electrons. The molecule has 0 aliphatic rings. The maximum atomic E-state index is 12.3. The standard InChI is InChI=1S/C15H16OS2/c1-3-11-8-9-12(18-11)10-14(16)13-6-4-5-7-15(13)17-2/h4-9H,3,10H2,1-2H3. The molecular weight excluding hydrogens is 260 g/mol. The monoisotopic (exact) mass is 276 g/mol. The van der Waals surface area contributed by atoms with Gasteiger partial charge in [0.1, 0.15) is 0 Å². The zero-order valence-electron chi connectivity index (χ0n) is 10.6. The molecule has 2 aromatic rings. The predicted molar refractivity (Wildman–Crippen MR) is 80.0 cm³/mol. The molecule has 2 rings (SSSR count). The highest BCUT2D eigenvalue weighted by Crippen LogP contribution is 2.23. The van der Waals surface area contributed by atoms with E-state index >= 15 is 0 Å². The second kappa shape index (κ2) is 6.21. The van der Waals surface area contributed by atoms with Gasteiger partial charge in [-0.1, -0.05) is 25.1 Å². The topological polar surface area (TPSA) is 17.1 Å². The minimum absolute atomic E-state index is 0.212. The van der Waals surface area contributed by atoms with E-state index in [1.807, 2.05) is 30.5 Å². The Morgan fingerprint density at radius 2 is 1.89 bits per heavy atom. The first-order valence-electron chi connectivity index (χ1n) is 5.98. The molecule has 0 unspecified atom stereocenters. The van der Waals surface area contributed by atoms with Crippen LogP contribution in [-0.2, 0) is 12.8 Å². The van der Waals surface area contributed by atoms with Crippen molar-refractivity contribution in [2.24, 2.45) is 0 Å². The van der Waals surface area contributed by atoms with Crippen LogP contribution in [0.4, 0.5) is 0 Å². The fraction of sp³-hybridized carbons (Fsp3) is 0.267. The quantitative estimate of drug-likeness (QED) is 0.592. The average molecular weight is 276 g/mol. The molecule has 3 heteroatoms. The van der Waals surface area contributed by atoms with E-state index in [1.165, 1.54) is 4.88 Å². The Bertz CT molecular complexity index is 543. The number of hydrogen-bond donors (Lipinski definition) is 0. The van der Waals surface area contributed by atoms with Gasteiger partial charge in [0.05, 0.1) is 0 Å². The molecule has 0 saturated carbocycles. The van der Waals surface area contributed by atoms with Crippen LogP contribution < -0.4 is 0 Å². The highest BCUT2D eigenvalue weighted by atomic mass is 32.2. The second-order valence-electron chi connectivity index (χ2n) is 4.02. The average Bonchev–Trinajstić information content (AvgIpc) is 2.86. The van der Waals surface area contributed by atoms with Crippen LogP contribution in [-0.4, -0.2) is 12.0 Å². The van der Waals surface area contributed by atoms with Gasteiger partial charge in [-0.25, -0.2) is 0 Å². The van der Waals surface area contributed by atoms with Crippen LogP contribution in [0.15, 0.2) is 41.3 Å². The first kappa shape index (κ1) is 13.4. The number of ketones is 1. The molecule has 0 N–H and O–H groups in total. The van der Waals surface area contributed by atoms with Gasteiger partial charge < -0.3 is 0 Å². The molecule has 1 aromatic carbocycles. The van der Waals surface area contributed by atoms with Crippen LogP contribution >= 0.6 is 23.1 Å². The molecule has 0 bridgehead atoms. The summed E-state index contributed by atoms with van der Waals surface area (Å²) in [6.45, 7) is 2.14. The minimum atomic E-state index is 0.212. The Kier molecular flexibility index (Phi) is 4.61. The van der Waals surface area contributed by atoms with E-state index in [-0.39, 0.29) is 5.78 Å². The third kappa shape index (κ3) is 3.03. The molecule has 0 aliphatic carbocycles. The summed E-state index contributed by atoms with van der Waals surface area (Å²) in [5.41, 5.74) is 0.844. The third-order valence-corrected chi connectivity index (χ3v) is 4.83. The first-order valence-corrected chi connectivity index (χ1v) is 8.02. The number of carbonyl (C=O) groups is 1. The van der Waals surface area contributed by atoms with Gasteiger partial charge in [0.15, 0.2) is 5.78 Å². The van der Waals surface area contributed by atoms with Gasteiger partial charge in [-0.05, 0) is 30.9 Å². The van der Waals surface area contributed by atoms with Crippen molar-refractivity contribution in [3.05, 3.63) is 51.7 Å². The van der Waals surface area contributed by atoms with Crippen LogP contribution in [0.2, 0.25) is 0 Å². The minimum Gasteiger partial charge on any atom is -0.294 e. The maximum Gasteiger partial charge on any atom is 0.169 e. The van der Waals surface area contributed by atoms with Crippen LogP contribution in [0, 0.1) is 0 Å². The normalized spacial score (nSPS) is 10.6. The Hall–Kier alpha value is -1.06. The lowest BCUT2D eigenvalue weighted by molar-refractivity contribution is 0.0991. The highest BCUT2D eigenvalue weighted by Gasteiger charge is 2.12. The lowest BCUT2D eigenvalue weighted by atomic mass is 10.1. The number of benzene rings is 1. The van der Waals surface area contributed by atoms with Gasteiger partial charge in [0.25, 0.3) is 0 Å². The Morgan fingerprint density at radius 1 is 1.17 bits per heavy atom. The Labute approximate surface area is 116 Å². The van der Waals surface area contributed by atoms with Crippen LogP contribution in [0.3, 0.4) is 0 Å². The highest BCUT2D eigenvalue weighted by molar-refractivity contribution is 7.98. The molecule has 0 spiro atoms. The molecule has 0 aliphatic heterocycles. The zero-order chi connectivity index (χ0) is 13.0. The molecule has 0 atom stereocenters. The number of thioether (sulfide) groups is 1. The fourth-order valence-electron chi connectivity index (χ4n) is 1.84. The molecule has 1 nitrogen and oxygen atoms in total. The van der Waals surface area contributed by atoms with Crippen LogP contribution in [0.25, 0.3) is 0 Å². The zero-order valence-corrected chi connectivity index (χ0v) is 12.2. The van der Waals surface area contributed by atoms with Crippen LogP contribution in [0.1, 0.15) is 27.0 Å². The van der Waals surface area contributed by atoms with Crippen molar-refractivity contribution in [3.8, 4) is 0 Å². The maximum absolute atomic E-state index is 12.3. The van der Waals surface area contributed by atoms with Crippen molar-refractivity contribution in [3.63, 3.8) is 0 Å². The summed E-state index contributed by atoms with van der Waals surface area (Å²) in [4.78, 5) is 15.9. The van der Waals surface area contributed by atoms with Gasteiger partial charge in [0, 0.05) is 26.6 Å². The van der Waals surface area contributed by atoms with Gasteiger partial charge in [-0.15, -0.1) is 23.1 Å². The van der Waals surface area contributed by atoms with Gasteiger partial charge >= 0.3 is 0 Å². The smallest absolute Gasteiger partial charge is 0.169 e. The molecule has 1 aromatic heterocycles. The van der Waals surface area contributed by atoms with E-state index in [0.717, 1.165) is 21.8 Å². The summed E-state index contributed by atoms with van der Waals surface area (Å²) in [5, 5.41) is 0.